The van der Waals surface area contributed by atoms with Gasteiger partial charge in [-0.2, -0.15) is 5.10 Å². The minimum Gasteiger partial charge on any atom is -0.497 e. The summed E-state index contributed by atoms with van der Waals surface area (Å²) in [6.07, 6.45) is 3.67. The summed E-state index contributed by atoms with van der Waals surface area (Å²) < 4.78 is 8.29. The number of methoxy groups -OCH3 is 1. The minimum atomic E-state index is 0.821. The Bertz CT molecular complexity index is 1060. The van der Waals surface area contributed by atoms with Gasteiger partial charge in [-0.1, -0.05) is 52.0 Å². The fraction of sp³-hybridized carbons (Fsp3) is 0.100. The summed E-state index contributed by atoms with van der Waals surface area (Å²) in [4.78, 5) is 4.55. The Morgan fingerprint density at radius 1 is 1.12 bits per heavy atom. The summed E-state index contributed by atoms with van der Waals surface area (Å²) in [5, 5.41) is 5.66. The first-order valence-electron chi connectivity index (χ1n) is 8.09. The van der Waals surface area contributed by atoms with E-state index in [4.69, 9.17) is 4.74 Å². The van der Waals surface area contributed by atoms with E-state index in [1.165, 1.54) is 5.56 Å². The molecule has 4 nitrogen and oxygen atoms in total. The van der Waals surface area contributed by atoms with Crippen molar-refractivity contribution in [2.24, 2.45) is 0 Å². The van der Waals surface area contributed by atoms with Gasteiger partial charge in [0.15, 0.2) is 0 Å². The summed E-state index contributed by atoms with van der Waals surface area (Å²) in [6.45, 7) is 0. The minimum absolute atomic E-state index is 0.821. The first kappa shape index (κ1) is 17.1. The quantitative estimate of drug-likeness (QED) is 0.398. The molecule has 2 aromatic carbocycles. The Morgan fingerprint density at radius 3 is 2.85 bits per heavy atom. The first-order chi connectivity index (χ1) is 12.7. The lowest BCUT2D eigenvalue weighted by atomic mass is 10.1. The van der Waals surface area contributed by atoms with Crippen molar-refractivity contribution in [1.29, 1.82) is 0 Å². The van der Waals surface area contributed by atoms with Gasteiger partial charge in [0.2, 0.25) is 0 Å². The summed E-state index contributed by atoms with van der Waals surface area (Å²) in [5.41, 5.74) is 4.18. The zero-order valence-corrected chi connectivity index (χ0v) is 16.5. The zero-order valence-electron chi connectivity index (χ0n) is 14.1. The van der Waals surface area contributed by atoms with E-state index < -0.39 is 0 Å². The van der Waals surface area contributed by atoms with Gasteiger partial charge in [0.05, 0.1) is 18.3 Å². The molecule has 0 fully saturated rings. The van der Waals surface area contributed by atoms with Gasteiger partial charge in [-0.3, -0.25) is 0 Å². The molecule has 2 aromatic heterocycles. The second kappa shape index (κ2) is 7.51. The van der Waals surface area contributed by atoms with Crippen LogP contribution in [-0.2, 0) is 5.75 Å². The van der Waals surface area contributed by atoms with Crippen LogP contribution in [0.1, 0.15) is 5.56 Å². The Kier molecular flexibility index (Phi) is 4.95. The van der Waals surface area contributed by atoms with Crippen LogP contribution in [0.5, 0.6) is 5.75 Å². The third-order valence-electron chi connectivity index (χ3n) is 3.98. The lowest BCUT2D eigenvalue weighted by Crippen LogP contribution is -1.91. The van der Waals surface area contributed by atoms with Crippen LogP contribution in [0.3, 0.4) is 0 Å². The Labute approximate surface area is 164 Å². The maximum absolute atomic E-state index is 5.32. The van der Waals surface area contributed by atoms with Crippen LogP contribution in [0.2, 0.25) is 0 Å². The van der Waals surface area contributed by atoms with Gasteiger partial charge in [0.1, 0.15) is 10.8 Å². The molecule has 0 aliphatic rings. The molecule has 6 heteroatoms. The van der Waals surface area contributed by atoms with Crippen LogP contribution >= 0.6 is 27.7 Å². The molecule has 0 atom stereocenters. The third kappa shape index (κ3) is 3.61. The second-order valence-corrected chi connectivity index (χ2v) is 7.62. The van der Waals surface area contributed by atoms with E-state index in [2.05, 4.69) is 44.2 Å². The number of hydrogen-bond donors (Lipinski definition) is 0. The van der Waals surface area contributed by atoms with E-state index in [0.717, 1.165) is 37.8 Å². The van der Waals surface area contributed by atoms with Crippen molar-refractivity contribution in [3.05, 3.63) is 77.0 Å². The van der Waals surface area contributed by atoms with Gasteiger partial charge in [-0.25, -0.2) is 9.50 Å². The van der Waals surface area contributed by atoms with Crippen molar-refractivity contribution in [3.63, 3.8) is 0 Å². The highest BCUT2D eigenvalue weighted by Crippen LogP contribution is 2.29. The Balaban J connectivity index is 1.65. The molecule has 0 aliphatic carbocycles. The van der Waals surface area contributed by atoms with Gasteiger partial charge in [0.25, 0.3) is 0 Å². The van der Waals surface area contributed by atoms with Crippen LogP contribution in [0, 0.1) is 0 Å². The number of thioether (sulfide) groups is 1. The summed E-state index contributed by atoms with van der Waals surface area (Å²) >= 11 is 5.23. The van der Waals surface area contributed by atoms with Gasteiger partial charge in [-0.05, 0) is 35.9 Å². The lowest BCUT2D eigenvalue weighted by Gasteiger charge is -2.03. The van der Waals surface area contributed by atoms with Crippen LogP contribution < -0.4 is 4.74 Å². The average molecular weight is 426 g/mol. The van der Waals surface area contributed by atoms with Crippen LogP contribution in [0.15, 0.2) is 76.5 Å². The maximum Gasteiger partial charge on any atom is 0.122 e. The molecule has 2 heterocycles. The van der Waals surface area contributed by atoms with E-state index in [9.17, 15) is 0 Å². The molecule has 0 spiro atoms. The number of nitrogens with zero attached hydrogens (tertiary/aromatic N) is 3. The third-order valence-corrected chi connectivity index (χ3v) is 5.54. The zero-order chi connectivity index (χ0) is 17.9. The van der Waals surface area contributed by atoms with Gasteiger partial charge in [0, 0.05) is 28.2 Å². The van der Waals surface area contributed by atoms with Crippen molar-refractivity contribution in [3.8, 4) is 17.0 Å². The lowest BCUT2D eigenvalue weighted by molar-refractivity contribution is 0.415. The monoisotopic (exact) mass is 425 g/mol. The highest BCUT2D eigenvalue weighted by molar-refractivity contribution is 9.10. The topological polar surface area (TPSA) is 39.4 Å². The predicted octanol–water partition coefficient (Wildman–Crippen LogP) is 5.46. The van der Waals surface area contributed by atoms with Crippen molar-refractivity contribution in [1.82, 2.24) is 14.6 Å². The molecule has 130 valence electrons. The largest absolute Gasteiger partial charge is 0.497 e. The van der Waals surface area contributed by atoms with E-state index >= 15 is 0 Å². The normalized spacial score (nSPS) is 11.0. The SMILES string of the molecule is COc1cccc(-c2cc3c(SCc4cccc(Br)c4)nccn3n2)c1. The van der Waals surface area contributed by atoms with Crippen molar-refractivity contribution >= 4 is 33.2 Å². The molecule has 0 bridgehead atoms. The second-order valence-electron chi connectivity index (χ2n) is 5.74. The standard InChI is InChI=1S/C20H16BrN3OS/c1-25-17-7-3-5-15(11-17)18-12-19-20(22-8-9-24(19)23-18)26-13-14-4-2-6-16(21)10-14/h2-12H,13H2,1H3. The fourth-order valence-electron chi connectivity index (χ4n) is 2.71. The summed E-state index contributed by atoms with van der Waals surface area (Å²) in [5.74, 6) is 1.67. The number of hydrogen-bond acceptors (Lipinski definition) is 4. The molecule has 0 amide bonds. The number of benzene rings is 2. The molecule has 0 radical (unpaired) electrons. The van der Waals surface area contributed by atoms with Gasteiger partial charge < -0.3 is 4.74 Å². The smallest absolute Gasteiger partial charge is 0.122 e. The maximum atomic E-state index is 5.32. The number of aromatic nitrogens is 3. The molecule has 4 rings (SSSR count). The molecular weight excluding hydrogens is 410 g/mol. The highest BCUT2D eigenvalue weighted by atomic mass is 79.9. The molecule has 26 heavy (non-hydrogen) atoms. The fourth-order valence-corrected chi connectivity index (χ4v) is 4.08. The van der Waals surface area contributed by atoms with Crippen LogP contribution in [-0.4, -0.2) is 21.7 Å². The molecule has 0 saturated carbocycles. The van der Waals surface area contributed by atoms with E-state index in [-0.39, 0.29) is 0 Å². The van der Waals surface area contributed by atoms with E-state index in [1.54, 1.807) is 25.1 Å². The Morgan fingerprint density at radius 2 is 2.00 bits per heavy atom. The van der Waals surface area contributed by atoms with Gasteiger partial charge in [-0.15, -0.1) is 0 Å². The molecule has 0 saturated heterocycles. The molecule has 0 unspecified atom stereocenters. The number of halogens is 1. The number of ether oxygens (including phenoxy) is 1. The van der Waals surface area contributed by atoms with Crippen molar-refractivity contribution < 1.29 is 4.74 Å². The summed E-state index contributed by atoms with van der Waals surface area (Å²) in [7, 11) is 1.67. The average Bonchev–Trinajstić information content (AvgIpc) is 3.11. The van der Waals surface area contributed by atoms with Crippen molar-refractivity contribution in [2.75, 3.05) is 7.11 Å². The van der Waals surface area contributed by atoms with Crippen LogP contribution in [0.4, 0.5) is 0 Å². The number of fused-ring (bicyclic) bond motifs is 1. The van der Waals surface area contributed by atoms with Gasteiger partial charge >= 0.3 is 0 Å². The first-order valence-corrected chi connectivity index (χ1v) is 9.87. The highest BCUT2D eigenvalue weighted by Gasteiger charge is 2.10. The molecular formula is C20H16BrN3OS. The van der Waals surface area contributed by atoms with Crippen LogP contribution in [0.25, 0.3) is 16.8 Å². The molecule has 0 aliphatic heterocycles. The van der Waals surface area contributed by atoms with E-state index in [0.29, 0.717) is 0 Å². The Hall–Kier alpha value is -2.31. The van der Waals surface area contributed by atoms with Crippen molar-refractivity contribution in [2.45, 2.75) is 10.8 Å². The molecule has 4 aromatic rings. The van der Waals surface area contributed by atoms with E-state index in [1.807, 2.05) is 47.1 Å². The summed E-state index contributed by atoms with van der Waals surface area (Å²) in [6, 6.07) is 18.3. The predicted molar refractivity (Wildman–Crippen MR) is 109 cm³/mol. The number of rotatable bonds is 5. The molecule has 0 N–H and O–H groups in total.